The van der Waals surface area contributed by atoms with E-state index in [1.54, 1.807) is 5.64 Å². The summed E-state index contributed by atoms with van der Waals surface area (Å²) < 4.78 is 0. The molecular formula is C13H29NO2. The Kier molecular flexibility index (Phi) is 12.9. The van der Waals surface area contributed by atoms with Crippen LogP contribution in [-0.4, -0.2) is 11.8 Å². The van der Waals surface area contributed by atoms with Crippen LogP contribution in [0.15, 0.2) is 0 Å². The first-order chi connectivity index (χ1) is 7.81. The van der Waals surface area contributed by atoms with Crippen LogP contribution < -0.4 is 5.64 Å². The zero-order chi connectivity index (χ0) is 12.1. The molecule has 0 aromatic carbocycles. The predicted molar refractivity (Wildman–Crippen MR) is 67.3 cm³/mol. The maximum Gasteiger partial charge on any atom is 0.0709 e. The van der Waals surface area contributed by atoms with E-state index in [4.69, 9.17) is 5.21 Å². The van der Waals surface area contributed by atoms with Gasteiger partial charge in [0.15, 0.2) is 0 Å². The molecule has 1 atom stereocenters. The standard InChI is InChI=1S/C13H29NO2/c1-3-4-5-6-7-8-10-13(2)11-9-12-16-14-15/h13-15H,3-12H2,1-2H3/t13-/m1/s1. The van der Waals surface area contributed by atoms with Crippen LogP contribution in [0.3, 0.4) is 0 Å². The molecule has 0 saturated heterocycles. The molecule has 0 aromatic rings. The van der Waals surface area contributed by atoms with Crippen LogP contribution in [0, 0.1) is 5.92 Å². The Morgan fingerprint density at radius 2 is 1.62 bits per heavy atom. The third kappa shape index (κ3) is 12.0. The van der Waals surface area contributed by atoms with Crippen molar-refractivity contribution in [3.05, 3.63) is 0 Å². The van der Waals surface area contributed by atoms with Gasteiger partial charge >= 0.3 is 0 Å². The number of hydrogen-bond donors (Lipinski definition) is 2. The minimum Gasteiger partial charge on any atom is -0.292 e. The second-order valence-electron chi connectivity index (χ2n) is 4.74. The highest BCUT2D eigenvalue weighted by Crippen LogP contribution is 2.15. The van der Waals surface area contributed by atoms with Gasteiger partial charge in [-0.25, -0.2) is 0 Å². The first kappa shape index (κ1) is 15.9. The van der Waals surface area contributed by atoms with Gasteiger partial charge in [0.1, 0.15) is 0 Å². The van der Waals surface area contributed by atoms with Gasteiger partial charge in [0, 0.05) is 0 Å². The summed E-state index contributed by atoms with van der Waals surface area (Å²) in [6.45, 7) is 5.15. The van der Waals surface area contributed by atoms with Crippen molar-refractivity contribution in [3.63, 3.8) is 0 Å². The summed E-state index contributed by atoms with van der Waals surface area (Å²) in [6, 6.07) is 0. The van der Waals surface area contributed by atoms with E-state index in [9.17, 15) is 0 Å². The summed E-state index contributed by atoms with van der Waals surface area (Å²) in [5.74, 6) is 0.786. The summed E-state index contributed by atoms with van der Waals surface area (Å²) >= 11 is 0. The lowest BCUT2D eigenvalue weighted by atomic mass is 9.98. The molecule has 0 spiro atoms. The van der Waals surface area contributed by atoms with Crippen molar-refractivity contribution < 1.29 is 10.0 Å². The SMILES string of the molecule is CCCCCCCC[C@@H](C)CCCONO. The van der Waals surface area contributed by atoms with Gasteiger partial charge < -0.3 is 0 Å². The minimum atomic E-state index is 0.595. The van der Waals surface area contributed by atoms with Crippen molar-refractivity contribution in [2.45, 2.75) is 71.6 Å². The molecule has 0 unspecified atom stereocenters. The summed E-state index contributed by atoms with van der Waals surface area (Å²) in [4.78, 5) is 4.66. The van der Waals surface area contributed by atoms with Crippen molar-refractivity contribution in [2.24, 2.45) is 5.92 Å². The van der Waals surface area contributed by atoms with Crippen molar-refractivity contribution in [3.8, 4) is 0 Å². The maximum atomic E-state index is 8.20. The fourth-order valence-corrected chi connectivity index (χ4v) is 1.97. The monoisotopic (exact) mass is 231 g/mol. The second kappa shape index (κ2) is 12.9. The third-order valence-electron chi connectivity index (χ3n) is 3.06. The van der Waals surface area contributed by atoms with Gasteiger partial charge in [-0.1, -0.05) is 64.4 Å². The van der Waals surface area contributed by atoms with E-state index in [-0.39, 0.29) is 0 Å². The summed E-state index contributed by atoms with van der Waals surface area (Å²) in [5, 5.41) is 8.20. The van der Waals surface area contributed by atoms with E-state index in [2.05, 4.69) is 18.7 Å². The van der Waals surface area contributed by atoms with Gasteiger partial charge in [0.2, 0.25) is 0 Å². The van der Waals surface area contributed by atoms with E-state index < -0.39 is 0 Å². The Morgan fingerprint density at radius 1 is 1.00 bits per heavy atom. The van der Waals surface area contributed by atoms with Crippen LogP contribution >= 0.6 is 0 Å². The van der Waals surface area contributed by atoms with Gasteiger partial charge in [-0.2, -0.15) is 0 Å². The molecule has 0 heterocycles. The molecule has 0 aliphatic heterocycles. The summed E-state index contributed by atoms with van der Waals surface area (Å²) in [6.07, 6.45) is 11.8. The molecule has 3 heteroatoms. The molecule has 2 N–H and O–H groups in total. The lowest BCUT2D eigenvalue weighted by molar-refractivity contribution is -0.128. The third-order valence-corrected chi connectivity index (χ3v) is 3.06. The van der Waals surface area contributed by atoms with E-state index in [1.807, 2.05) is 0 Å². The lowest BCUT2D eigenvalue weighted by Gasteiger charge is -2.10. The molecule has 0 radical (unpaired) electrons. The molecule has 98 valence electrons. The van der Waals surface area contributed by atoms with Crippen molar-refractivity contribution in [2.75, 3.05) is 6.61 Å². The van der Waals surface area contributed by atoms with Gasteiger partial charge in [0.25, 0.3) is 0 Å². The van der Waals surface area contributed by atoms with Crippen LogP contribution in [0.2, 0.25) is 0 Å². The maximum absolute atomic E-state index is 8.20. The zero-order valence-corrected chi connectivity index (χ0v) is 11.0. The Balaban J connectivity index is 3.08. The Bertz CT molecular complexity index is 131. The highest BCUT2D eigenvalue weighted by Gasteiger charge is 2.01. The highest BCUT2D eigenvalue weighted by molar-refractivity contribution is 4.54. The molecule has 0 aliphatic rings. The largest absolute Gasteiger partial charge is 0.292 e. The highest BCUT2D eigenvalue weighted by atomic mass is 16.8. The molecule has 0 bridgehead atoms. The van der Waals surface area contributed by atoms with Crippen molar-refractivity contribution in [1.29, 1.82) is 0 Å². The topological polar surface area (TPSA) is 41.5 Å². The quantitative estimate of drug-likeness (QED) is 0.393. The molecule has 0 aromatic heterocycles. The molecule has 0 aliphatic carbocycles. The molecule has 3 nitrogen and oxygen atoms in total. The zero-order valence-electron chi connectivity index (χ0n) is 11.0. The smallest absolute Gasteiger partial charge is 0.0709 e. The number of rotatable bonds is 12. The molecule has 0 amide bonds. The van der Waals surface area contributed by atoms with Crippen LogP contribution in [0.25, 0.3) is 0 Å². The molecule has 16 heavy (non-hydrogen) atoms. The molecule has 0 rings (SSSR count). The van der Waals surface area contributed by atoms with Gasteiger partial charge in [-0.15, -0.1) is 0 Å². The van der Waals surface area contributed by atoms with Gasteiger partial charge in [0.05, 0.1) is 6.61 Å². The van der Waals surface area contributed by atoms with Crippen LogP contribution in [0.5, 0.6) is 0 Å². The fraction of sp³-hybridized carbons (Fsp3) is 1.00. The van der Waals surface area contributed by atoms with Gasteiger partial charge in [-0.3, -0.25) is 10.0 Å². The average molecular weight is 231 g/mol. The first-order valence-electron chi connectivity index (χ1n) is 6.82. The Hall–Kier alpha value is -0.120. The molecule has 0 saturated carbocycles. The Labute approximate surface area is 100 Å². The second-order valence-corrected chi connectivity index (χ2v) is 4.74. The van der Waals surface area contributed by atoms with E-state index in [0.29, 0.717) is 6.61 Å². The molecule has 0 fully saturated rings. The number of unbranched alkanes of at least 4 members (excludes halogenated alkanes) is 5. The number of nitrogens with one attached hydrogen (secondary N) is 1. The number of hydrogen-bond acceptors (Lipinski definition) is 3. The lowest BCUT2D eigenvalue weighted by Crippen LogP contribution is -2.10. The normalized spacial score (nSPS) is 12.9. The average Bonchev–Trinajstić information content (AvgIpc) is 2.29. The Morgan fingerprint density at radius 3 is 2.31 bits per heavy atom. The van der Waals surface area contributed by atoms with Crippen molar-refractivity contribution in [1.82, 2.24) is 5.64 Å². The van der Waals surface area contributed by atoms with Crippen molar-refractivity contribution >= 4 is 0 Å². The summed E-state index contributed by atoms with van der Waals surface area (Å²) in [5.41, 5.74) is 1.71. The first-order valence-corrected chi connectivity index (χ1v) is 6.82. The van der Waals surface area contributed by atoms with E-state index in [1.165, 1.54) is 51.4 Å². The van der Waals surface area contributed by atoms with Crippen LogP contribution in [0.1, 0.15) is 71.6 Å². The summed E-state index contributed by atoms with van der Waals surface area (Å²) in [7, 11) is 0. The van der Waals surface area contributed by atoms with Gasteiger partial charge in [-0.05, 0) is 18.8 Å². The van der Waals surface area contributed by atoms with E-state index in [0.717, 1.165) is 12.3 Å². The fourth-order valence-electron chi connectivity index (χ4n) is 1.97. The van der Waals surface area contributed by atoms with Crippen LogP contribution in [-0.2, 0) is 4.84 Å². The minimum absolute atomic E-state index is 0.595. The predicted octanol–water partition coefficient (Wildman–Crippen LogP) is 4.06. The molecular weight excluding hydrogens is 202 g/mol. The van der Waals surface area contributed by atoms with E-state index >= 15 is 0 Å². The van der Waals surface area contributed by atoms with Crippen LogP contribution in [0.4, 0.5) is 0 Å².